The Bertz CT molecular complexity index is 1600. The van der Waals surface area contributed by atoms with Gasteiger partial charge in [0.2, 0.25) is 11.8 Å². The minimum atomic E-state index is -1.14. The lowest BCUT2D eigenvalue weighted by molar-refractivity contribution is -0.146. The Kier molecular flexibility index (Phi) is 7.53. The van der Waals surface area contributed by atoms with Crippen LogP contribution in [-0.4, -0.2) is 50.9 Å². The van der Waals surface area contributed by atoms with Gasteiger partial charge in [-0.15, -0.1) is 0 Å². The van der Waals surface area contributed by atoms with Crippen LogP contribution in [-0.2, 0) is 22.6 Å². The molecule has 2 fully saturated rings. The number of amides is 2. The monoisotopic (exact) mass is 593 g/mol. The van der Waals surface area contributed by atoms with Crippen LogP contribution in [0.5, 0.6) is 0 Å². The number of aromatic nitrogens is 1. The zero-order chi connectivity index (χ0) is 28.7. The second-order valence-corrected chi connectivity index (χ2v) is 12.0. The lowest BCUT2D eigenvalue weighted by Gasteiger charge is -2.42. The molecule has 0 unspecified atom stereocenters. The summed E-state index contributed by atoms with van der Waals surface area (Å²) in [6, 6.07) is 19.1. The summed E-state index contributed by atoms with van der Waals surface area (Å²) in [5.41, 5.74) is 1.99. The standard InChI is InChI=1S/C32H30Cl2FN3O3/c33-22-7-8-24-25(18-36-28(24)15-22)30-32(16-20-4-2-1-3-5-20,31(41)37-12-10-23(39)11-13-37)17-29(40)38(30)19-21-6-9-26(34)27(35)14-21/h1-9,14-15,18,23,30,36,39H,10-13,16-17,19H2/t30-,32+/m0/s1. The summed E-state index contributed by atoms with van der Waals surface area (Å²) in [6.07, 6.45) is 2.73. The Morgan fingerprint density at radius 2 is 1.78 bits per heavy atom. The number of rotatable bonds is 6. The van der Waals surface area contributed by atoms with Gasteiger partial charge in [0.1, 0.15) is 5.82 Å². The largest absolute Gasteiger partial charge is 0.393 e. The van der Waals surface area contributed by atoms with Crippen LogP contribution in [0.15, 0.2) is 72.9 Å². The fourth-order valence-electron chi connectivity index (χ4n) is 6.51. The Hall–Kier alpha value is -3.39. The molecule has 2 aliphatic rings. The van der Waals surface area contributed by atoms with Crippen LogP contribution in [0.4, 0.5) is 4.39 Å². The fraction of sp³-hybridized carbons (Fsp3) is 0.312. The van der Waals surface area contributed by atoms with E-state index in [2.05, 4.69) is 4.98 Å². The molecule has 0 radical (unpaired) electrons. The molecule has 9 heteroatoms. The maximum absolute atomic E-state index is 14.7. The number of fused-ring (bicyclic) bond motifs is 1. The van der Waals surface area contributed by atoms with E-state index in [0.29, 0.717) is 42.9 Å². The lowest BCUT2D eigenvalue weighted by Crippen LogP contribution is -2.51. The highest BCUT2D eigenvalue weighted by Crippen LogP contribution is 2.53. The number of piperidine rings is 1. The molecular weight excluding hydrogens is 564 g/mol. The lowest BCUT2D eigenvalue weighted by atomic mass is 9.71. The van der Waals surface area contributed by atoms with Crippen LogP contribution in [0.3, 0.4) is 0 Å². The SMILES string of the molecule is O=C1C[C@@](Cc2ccccc2)(C(=O)N2CCC(O)CC2)[C@H](c2c[nH]c3cc(Cl)ccc23)N1Cc1ccc(Cl)c(F)c1. The number of halogens is 3. The molecule has 2 aliphatic heterocycles. The summed E-state index contributed by atoms with van der Waals surface area (Å²) >= 11 is 12.2. The Morgan fingerprint density at radius 3 is 2.51 bits per heavy atom. The molecule has 2 saturated heterocycles. The minimum absolute atomic E-state index is 0.000777. The summed E-state index contributed by atoms with van der Waals surface area (Å²) in [4.78, 5) is 35.6. The van der Waals surface area contributed by atoms with Gasteiger partial charge >= 0.3 is 0 Å². The number of aliphatic hydroxyl groups excluding tert-OH is 1. The highest BCUT2D eigenvalue weighted by atomic mass is 35.5. The van der Waals surface area contributed by atoms with Crippen LogP contribution in [0, 0.1) is 11.2 Å². The number of likely N-dealkylation sites (tertiary alicyclic amines) is 2. The van der Waals surface area contributed by atoms with Crippen molar-refractivity contribution in [2.24, 2.45) is 5.41 Å². The summed E-state index contributed by atoms with van der Waals surface area (Å²) < 4.78 is 14.5. The normalized spacial score (nSPS) is 21.7. The van der Waals surface area contributed by atoms with E-state index in [1.165, 1.54) is 12.1 Å². The number of carbonyl (C=O) groups is 2. The average Bonchev–Trinajstić information content (AvgIpc) is 3.48. The molecule has 0 aliphatic carbocycles. The molecule has 212 valence electrons. The first-order valence-corrected chi connectivity index (χ1v) is 14.5. The van der Waals surface area contributed by atoms with E-state index in [0.717, 1.165) is 22.0 Å². The number of hydrogen-bond donors (Lipinski definition) is 2. The quantitative estimate of drug-likeness (QED) is 0.275. The molecule has 3 heterocycles. The van der Waals surface area contributed by atoms with Gasteiger partial charge in [-0.25, -0.2) is 4.39 Å². The van der Waals surface area contributed by atoms with Crippen LogP contribution < -0.4 is 0 Å². The number of aliphatic hydroxyl groups is 1. The zero-order valence-corrected chi connectivity index (χ0v) is 23.8. The third-order valence-corrected chi connectivity index (χ3v) is 9.01. The molecule has 0 saturated carbocycles. The summed E-state index contributed by atoms with van der Waals surface area (Å²) in [5.74, 6) is -0.859. The fourth-order valence-corrected chi connectivity index (χ4v) is 6.80. The van der Waals surface area contributed by atoms with Crippen LogP contribution in [0.25, 0.3) is 10.9 Å². The molecule has 1 aromatic heterocycles. The third kappa shape index (κ3) is 5.23. The first kappa shape index (κ1) is 27.8. The Balaban J connectivity index is 1.52. The molecule has 2 amide bonds. The van der Waals surface area contributed by atoms with Gasteiger partial charge in [-0.3, -0.25) is 9.59 Å². The molecule has 41 heavy (non-hydrogen) atoms. The second kappa shape index (κ2) is 11.1. The van der Waals surface area contributed by atoms with Gasteiger partial charge in [-0.1, -0.05) is 65.7 Å². The number of hydrogen-bond acceptors (Lipinski definition) is 3. The van der Waals surface area contributed by atoms with Crippen molar-refractivity contribution in [2.75, 3.05) is 13.1 Å². The van der Waals surface area contributed by atoms with Crippen molar-refractivity contribution in [3.63, 3.8) is 0 Å². The van der Waals surface area contributed by atoms with Gasteiger partial charge in [-0.05, 0) is 54.7 Å². The topological polar surface area (TPSA) is 76.6 Å². The maximum Gasteiger partial charge on any atom is 0.232 e. The minimum Gasteiger partial charge on any atom is -0.393 e. The van der Waals surface area contributed by atoms with Crippen LogP contribution in [0.2, 0.25) is 10.0 Å². The highest BCUT2D eigenvalue weighted by Gasteiger charge is 2.58. The molecule has 4 aromatic rings. The number of nitrogens with one attached hydrogen (secondary N) is 1. The van der Waals surface area contributed by atoms with E-state index in [-0.39, 0.29) is 29.8 Å². The van der Waals surface area contributed by atoms with Crippen molar-refractivity contribution in [2.45, 2.75) is 44.4 Å². The number of benzene rings is 3. The number of nitrogens with zero attached hydrogens (tertiary/aromatic N) is 2. The van der Waals surface area contributed by atoms with E-state index in [1.807, 2.05) is 48.7 Å². The van der Waals surface area contributed by atoms with Gasteiger partial charge in [0.25, 0.3) is 0 Å². The van der Waals surface area contributed by atoms with Gasteiger partial charge < -0.3 is 19.9 Å². The smallest absolute Gasteiger partial charge is 0.232 e. The predicted molar refractivity (Wildman–Crippen MR) is 157 cm³/mol. The van der Waals surface area contributed by atoms with Gasteiger partial charge in [0.15, 0.2) is 0 Å². The molecule has 6 nitrogen and oxygen atoms in total. The van der Waals surface area contributed by atoms with Crippen molar-refractivity contribution >= 4 is 45.9 Å². The van der Waals surface area contributed by atoms with Gasteiger partial charge in [0.05, 0.1) is 22.6 Å². The summed E-state index contributed by atoms with van der Waals surface area (Å²) in [5, 5.41) is 11.6. The van der Waals surface area contributed by atoms with Crippen LogP contribution in [0.1, 0.15) is 42.0 Å². The van der Waals surface area contributed by atoms with Crippen molar-refractivity contribution < 1.29 is 19.1 Å². The summed E-state index contributed by atoms with van der Waals surface area (Å²) in [7, 11) is 0. The predicted octanol–water partition coefficient (Wildman–Crippen LogP) is 6.30. The van der Waals surface area contributed by atoms with Gasteiger partial charge in [-0.2, -0.15) is 0 Å². The highest BCUT2D eigenvalue weighted by molar-refractivity contribution is 6.31. The Morgan fingerprint density at radius 1 is 1.02 bits per heavy atom. The first-order valence-electron chi connectivity index (χ1n) is 13.8. The van der Waals surface area contributed by atoms with Crippen LogP contribution >= 0.6 is 23.2 Å². The van der Waals surface area contributed by atoms with Gasteiger partial charge in [0, 0.05) is 53.7 Å². The number of H-pyrrole nitrogens is 1. The molecule has 0 spiro atoms. The van der Waals surface area contributed by atoms with E-state index in [1.54, 1.807) is 21.9 Å². The van der Waals surface area contributed by atoms with E-state index in [9.17, 15) is 19.1 Å². The number of aromatic amines is 1. The van der Waals surface area contributed by atoms with Crippen molar-refractivity contribution in [1.82, 2.24) is 14.8 Å². The van der Waals surface area contributed by atoms with Crippen molar-refractivity contribution in [3.8, 4) is 0 Å². The Labute approximate surface area is 247 Å². The second-order valence-electron chi connectivity index (χ2n) is 11.1. The molecular formula is C32H30Cl2FN3O3. The van der Waals surface area contributed by atoms with E-state index < -0.39 is 23.4 Å². The molecule has 2 atom stereocenters. The molecule has 0 bridgehead atoms. The molecule has 6 rings (SSSR count). The van der Waals surface area contributed by atoms with Crippen molar-refractivity contribution in [3.05, 3.63) is 105 Å². The zero-order valence-electron chi connectivity index (χ0n) is 22.3. The van der Waals surface area contributed by atoms with Crippen molar-refractivity contribution in [1.29, 1.82) is 0 Å². The summed E-state index contributed by atoms with van der Waals surface area (Å²) in [6.45, 7) is 0.951. The maximum atomic E-state index is 14.7. The molecule has 2 N–H and O–H groups in total. The molecule has 3 aromatic carbocycles. The van der Waals surface area contributed by atoms with E-state index in [4.69, 9.17) is 23.2 Å². The third-order valence-electron chi connectivity index (χ3n) is 8.47. The first-order chi connectivity index (χ1) is 19.7. The average molecular weight is 595 g/mol. The number of carbonyl (C=O) groups excluding carboxylic acids is 2. The van der Waals surface area contributed by atoms with E-state index >= 15 is 0 Å².